The van der Waals surface area contributed by atoms with E-state index in [0.29, 0.717) is 5.56 Å². The van der Waals surface area contributed by atoms with Crippen LogP contribution in [0.15, 0.2) is 72.8 Å². The number of hydrogen-bond acceptors (Lipinski definition) is 4. The van der Waals surface area contributed by atoms with Crippen molar-refractivity contribution < 1.29 is 14.5 Å². The molecule has 1 aliphatic rings. The Hall–Kier alpha value is -3.80. The van der Waals surface area contributed by atoms with Gasteiger partial charge in [0.05, 0.1) is 16.1 Å². The molecule has 0 saturated heterocycles. The number of nitro groups is 1. The van der Waals surface area contributed by atoms with Gasteiger partial charge >= 0.3 is 0 Å². The molecule has 1 heterocycles. The van der Waals surface area contributed by atoms with Gasteiger partial charge in [-0.15, -0.1) is 0 Å². The maximum absolute atomic E-state index is 12.6. The van der Waals surface area contributed by atoms with Crippen LogP contribution in [0.2, 0.25) is 0 Å². The van der Waals surface area contributed by atoms with E-state index in [2.05, 4.69) is 0 Å². The first-order valence-electron chi connectivity index (χ1n) is 7.89. The summed E-state index contributed by atoms with van der Waals surface area (Å²) < 4.78 is 0. The SMILES string of the molecule is O=C1c2ccccc2C(=O)N1c1ccc(-c2ccccc2)cc1[N+](=O)[O-]. The van der Waals surface area contributed by atoms with Crippen molar-refractivity contribution in [2.75, 3.05) is 4.90 Å². The quantitative estimate of drug-likeness (QED) is 0.408. The zero-order chi connectivity index (χ0) is 18.3. The molecule has 0 radical (unpaired) electrons. The van der Waals surface area contributed by atoms with Crippen LogP contribution >= 0.6 is 0 Å². The predicted octanol–water partition coefficient (Wildman–Crippen LogP) is 4.06. The van der Waals surface area contributed by atoms with E-state index in [1.54, 1.807) is 30.3 Å². The summed E-state index contributed by atoms with van der Waals surface area (Å²) in [5.41, 5.74) is 1.63. The molecule has 0 aliphatic carbocycles. The molecular weight excluding hydrogens is 332 g/mol. The van der Waals surface area contributed by atoms with Crippen molar-refractivity contribution in [2.24, 2.45) is 0 Å². The minimum Gasteiger partial charge on any atom is -0.268 e. The Morgan fingerprint density at radius 2 is 1.31 bits per heavy atom. The molecule has 126 valence electrons. The van der Waals surface area contributed by atoms with Crippen LogP contribution in [0.1, 0.15) is 20.7 Å². The number of benzene rings is 3. The first kappa shape index (κ1) is 15.7. The summed E-state index contributed by atoms with van der Waals surface area (Å²) in [6.45, 7) is 0. The van der Waals surface area contributed by atoms with Gasteiger partial charge in [0.1, 0.15) is 5.69 Å². The fourth-order valence-electron chi connectivity index (χ4n) is 3.08. The van der Waals surface area contributed by atoms with Crippen molar-refractivity contribution in [1.29, 1.82) is 0 Å². The van der Waals surface area contributed by atoms with Crippen molar-refractivity contribution in [2.45, 2.75) is 0 Å². The van der Waals surface area contributed by atoms with Gasteiger partial charge in [-0.2, -0.15) is 0 Å². The van der Waals surface area contributed by atoms with E-state index >= 15 is 0 Å². The monoisotopic (exact) mass is 344 g/mol. The Balaban J connectivity index is 1.84. The maximum Gasteiger partial charge on any atom is 0.294 e. The highest BCUT2D eigenvalue weighted by Gasteiger charge is 2.39. The molecule has 0 atom stereocenters. The summed E-state index contributed by atoms with van der Waals surface area (Å²) in [7, 11) is 0. The van der Waals surface area contributed by atoms with Crippen LogP contribution in [0.25, 0.3) is 11.1 Å². The fourth-order valence-corrected chi connectivity index (χ4v) is 3.08. The van der Waals surface area contributed by atoms with Gasteiger partial charge in [0.25, 0.3) is 17.5 Å². The Bertz CT molecular complexity index is 1030. The highest BCUT2D eigenvalue weighted by Crippen LogP contribution is 2.37. The average Bonchev–Trinajstić information content (AvgIpc) is 2.93. The molecule has 3 aromatic carbocycles. The number of carbonyl (C=O) groups is 2. The van der Waals surface area contributed by atoms with E-state index in [1.165, 1.54) is 12.1 Å². The first-order chi connectivity index (χ1) is 12.6. The molecule has 2 amide bonds. The standard InChI is InChI=1S/C20H12N2O4/c23-19-15-8-4-5-9-16(15)20(24)21(19)17-11-10-14(12-18(17)22(25)26)13-6-2-1-3-7-13/h1-12H. The van der Waals surface area contributed by atoms with Gasteiger partial charge in [0, 0.05) is 6.07 Å². The molecule has 0 unspecified atom stereocenters. The van der Waals surface area contributed by atoms with Crippen molar-refractivity contribution in [1.82, 2.24) is 0 Å². The van der Waals surface area contributed by atoms with E-state index in [0.717, 1.165) is 10.5 Å². The number of rotatable bonds is 3. The summed E-state index contributed by atoms with van der Waals surface area (Å²) >= 11 is 0. The molecule has 0 saturated carbocycles. The third kappa shape index (κ3) is 2.36. The van der Waals surface area contributed by atoms with Gasteiger partial charge < -0.3 is 0 Å². The zero-order valence-corrected chi connectivity index (χ0v) is 13.5. The zero-order valence-electron chi connectivity index (χ0n) is 13.5. The van der Waals surface area contributed by atoms with Gasteiger partial charge in [-0.05, 0) is 29.3 Å². The van der Waals surface area contributed by atoms with Crippen molar-refractivity contribution in [3.8, 4) is 11.1 Å². The summed E-state index contributed by atoms with van der Waals surface area (Å²) in [4.78, 5) is 37.1. The third-order valence-corrected chi connectivity index (χ3v) is 4.31. The summed E-state index contributed by atoms with van der Waals surface area (Å²) in [6, 6.07) is 20.1. The number of carbonyl (C=O) groups excluding carboxylic acids is 2. The number of nitro benzene ring substituents is 1. The van der Waals surface area contributed by atoms with Crippen molar-refractivity contribution in [3.05, 3.63) is 94.0 Å². The lowest BCUT2D eigenvalue weighted by molar-refractivity contribution is -0.384. The van der Waals surface area contributed by atoms with E-state index in [1.807, 2.05) is 30.3 Å². The summed E-state index contributed by atoms with van der Waals surface area (Å²) in [5.74, 6) is -1.11. The highest BCUT2D eigenvalue weighted by atomic mass is 16.6. The smallest absolute Gasteiger partial charge is 0.268 e. The van der Waals surface area contributed by atoms with Gasteiger partial charge in [0.2, 0.25) is 0 Å². The number of hydrogen-bond donors (Lipinski definition) is 0. The molecule has 3 aromatic rings. The van der Waals surface area contributed by atoms with Crippen LogP contribution in [-0.4, -0.2) is 16.7 Å². The lowest BCUT2D eigenvalue weighted by Gasteiger charge is -2.15. The highest BCUT2D eigenvalue weighted by molar-refractivity contribution is 6.35. The molecule has 0 aromatic heterocycles. The number of fused-ring (bicyclic) bond motifs is 1. The van der Waals surface area contributed by atoms with E-state index < -0.39 is 16.7 Å². The Morgan fingerprint density at radius 1 is 0.731 bits per heavy atom. The number of amides is 2. The summed E-state index contributed by atoms with van der Waals surface area (Å²) in [5, 5.41) is 11.6. The van der Waals surface area contributed by atoms with Crippen LogP contribution in [0.3, 0.4) is 0 Å². The second-order valence-electron chi connectivity index (χ2n) is 5.82. The Kier molecular flexibility index (Phi) is 3.58. The molecule has 6 nitrogen and oxygen atoms in total. The van der Waals surface area contributed by atoms with Gasteiger partial charge in [0.15, 0.2) is 0 Å². The maximum atomic E-state index is 12.6. The minimum absolute atomic E-state index is 0.0270. The van der Waals surface area contributed by atoms with E-state index in [4.69, 9.17) is 0 Å². The first-order valence-corrected chi connectivity index (χ1v) is 7.89. The fraction of sp³-hybridized carbons (Fsp3) is 0. The molecule has 0 fully saturated rings. The molecule has 26 heavy (non-hydrogen) atoms. The lowest BCUT2D eigenvalue weighted by atomic mass is 10.0. The number of anilines is 1. The van der Waals surface area contributed by atoms with Crippen LogP contribution in [-0.2, 0) is 0 Å². The third-order valence-electron chi connectivity index (χ3n) is 4.31. The molecular formula is C20H12N2O4. The topological polar surface area (TPSA) is 80.5 Å². The second kappa shape index (κ2) is 5.93. The van der Waals surface area contributed by atoms with E-state index in [9.17, 15) is 19.7 Å². The van der Waals surface area contributed by atoms with Crippen LogP contribution in [0, 0.1) is 10.1 Å². The normalized spacial score (nSPS) is 13.0. The minimum atomic E-state index is -0.578. The van der Waals surface area contributed by atoms with Crippen LogP contribution in [0.4, 0.5) is 11.4 Å². The molecule has 4 rings (SSSR count). The molecule has 1 aliphatic heterocycles. The average molecular weight is 344 g/mol. The van der Waals surface area contributed by atoms with Gasteiger partial charge in [-0.25, -0.2) is 4.90 Å². The largest absolute Gasteiger partial charge is 0.294 e. The second-order valence-corrected chi connectivity index (χ2v) is 5.82. The summed E-state index contributed by atoms with van der Waals surface area (Å²) in [6.07, 6.45) is 0. The molecule has 0 bridgehead atoms. The van der Waals surface area contributed by atoms with Crippen LogP contribution < -0.4 is 4.90 Å². The van der Waals surface area contributed by atoms with Gasteiger partial charge in [-0.1, -0.05) is 48.5 Å². The Morgan fingerprint density at radius 3 is 1.88 bits per heavy atom. The molecule has 0 N–H and O–H groups in total. The van der Waals surface area contributed by atoms with Crippen LogP contribution in [0.5, 0.6) is 0 Å². The van der Waals surface area contributed by atoms with Crippen molar-refractivity contribution >= 4 is 23.2 Å². The van der Waals surface area contributed by atoms with E-state index in [-0.39, 0.29) is 22.5 Å². The predicted molar refractivity (Wildman–Crippen MR) is 96.1 cm³/mol. The van der Waals surface area contributed by atoms with Gasteiger partial charge in [-0.3, -0.25) is 19.7 Å². The number of nitrogens with zero attached hydrogens (tertiary/aromatic N) is 2. The molecule has 6 heteroatoms. The van der Waals surface area contributed by atoms with Crippen molar-refractivity contribution in [3.63, 3.8) is 0 Å². The number of imide groups is 1. The Labute approximate surface area is 148 Å². The molecule has 0 spiro atoms. The lowest BCUT2D eigenvalue weighted by Crippen LogP contribution is -2.30.